The molecule has 0 N–H and O–H groups in total. The number of halogens is 1. The monoisotopic (exact) mass is 515 g/mol. The third kappa shape index (κ3) is 4.70. The fraction of sp³-hybridized carbons (Fsp3) is 0.0303. The molecule has 0 bridgehead atoms. The van der Waals surface area contributed by atoms with Crippen LogP contribution in [0.5, 0.6) is 17.2 Å². The molecule has 0 unspecified atom stereocenters. The lowest BCUT2D eigenvalue weighted by Gasteiger charge is -2.19. The SMILES string of the molecule is CC(=O)Oc1ccc(Oc2c(-c3ccc4ccccc4c3)nc3ccc(Cl)cc3c2-c2ccccc2)cc1. The topological polar surface area (TPSA) is 48.4 Å². The molecule has 6 rings (SSSR count). The molecular weight excluding hydrogens is 494 g/mol. The maximum atomic E-state index is 11.4. The van der Waals surface area contributed by atoms with Crippen LogP contribution in [0, 0.1) is 0 Å². The van der Waals surface area contributed by atoms with Crippen molar-refractivity contribution in [3.63, 3.8) is 0 Å². The maximum absolute atomic E-state index is 11.4. The van der Waals surface area contributed by atoms with Gasteiger partial charge in [-0.3, -0.25) is 4.79 Å². The summed E-state index contributed by atoms with van der Waals surface area (Å²) in [4.78, 5) is 16.4. The Labute approximate surface area is 225 Å². The number of nitrogens with zero attached hydrogens (tertiary/aromatic N) is 1. The summed E-state index contributed by atoms with van der Waals surface area (Å²) in [6.07, 6.45) is 0. The van der Waals surface area contributed by atoms with E-state index in [-0.39, 0.29) is 5.97 Å². The molecule has 0 saturated carbocycles. The van der Waals surface area contributed by atoms with E-state index in [9.17, 15) is 4.79 Å². The molecule has 0 amide bonds. The van der Waals surface area contributed by atoms with Crippen molar-refractivity contribution in [3.8, 4) is 39.6 Å². The van der Waals surface area contributed by atoms with E-state index < -0.39 is 0 Å². The number of benzene rings is 5. The number of carbonyl (C=O) groups is 1. The number of rotatable bonds is 5. The first-order chi connectivity index (χ1) is 18.5. The second-order valence-corrected chi connectivity index (χ2v) is 9.36. The van der Waals surface area contributed by atoms with Crippen LogP contribution >= 0.6 is 11.6 Å². The Morgan fingerprint density at radius 2 is 1.42 bits per heavy atom. The van der Waals surface area contributed by atoms with Gasteiger partial charge >= 0.3 is 5.97 Å². The average molecular weight is 516 g/mol. The predicted molar refractivity (Wildman–Crippen MR) is 153 cm³/mol. The molecule has 4 nitrogen and oxygen atoms in total. The van der Waals surface area contributed by atoms with Gasteiger partial charge in [0.25, 0.3) is 0 Å². The van der Waals surface area contributed by atoms with Crippen LogP contribution < -0.4 is 9.47 Å². The molecule has 5 aromatic carbocycles. The Hall–Kier alpha value is -4.67. The van der Waals surface area contributed by atoms with Gasteiger partial charge in [0.05, 0.1) is 5.52 Å². The minimum absolute atomic E-state index is 0.376. The molecule has 38 heavy (non-hydrogen) atoms. The minimum atomic E-state index is -0.376. The fourth-order valence-electron chi connectivity index (χ4n) is 4.60. The van der Waals surface area contributed by atoms with Gasteiger partial charge in [-0.05, 0) is 64.9 Å². The summed E-state index contributed by atoms with van der Waals surface area (Å²) in [5.74, 6) is 1.27. The van der Waals surface area contributed by atoms with Gasteiger partial charge in [0, 0.05) is 28.5 Å². The summed E-state index contributed by atoms with van der Waals surface area (Å²) >= 11 is 6.46. The summed E-state index contributed by atoms with van der Waals surface area (Å²) < 4.78 is 11.8. The largest absolute Gasteiger partial charge is 0.454 e. The van der Waals surface area contributed by atoms with E-state index in [2.05, 4.69) is 42.5 Å². The van der Waals surface area contributed by atoms with Crippen molar-refractivity contribution >= 4 is 39.2 Å². The van der Waals surface area contributed by atoms with Crippen molar-refractivity contribution in [2.45, 2.75) is 6.92 Å². The van der Waals surface area contributed by atoms with Gasteiger partial charge < -0.3 is 9.47 Å². The molecule has 0 aliphatic rings. The lowest BCUT2D eigenvalue weighted by molar-refractivity contribution is -0.131. The number of hydrogen-bond acceptors (Lipinski definition) is 4. The minimum Gasteiger partial charge on any atom is -0.454 e. The van der Waals surface area contributed by atoms with Crippen LogP contribution in [0.15, 0.2) is 115 Å². The number of aromatic nitrogens is 1. The smallest absolute Gasteiger partial charge is 0.308 e. The molecule has 0 atom stereocenters. The Morgan fingerprint density at radius 3 is 2.18 bits per heavy atom. The van der Waals surface area contributed by atoms with Gasteiger partial charge in [-0.25, -0.2) is 4.98 Å². The zero-order valence-electron chi connectivity index (χ0n) is 20.5. The van der Waals surface area contributed by atoms with Crippen molar-refractivity contribution in [1.29, 1.82) is 0 Å². The molecule has 0 radical (unpaired) electrons. The van der Waals surface area contributed by atoms with E-state index in [0.717, 1.165) is 38.4 Å². The number of carbonyl (C=O) groups excluding carboxylic acids is 1. The van der Waals surface area contributed by atoms with Gasteiger partial charge in [-0.2, -0.15) is 0 Å². The third-order valence-electron chi connectivity index (χ3n) is 6.29. The predicted octanol–water partition coefficient (Wildman–Crippen LogP) is 9.09. The van der Waals surface area contributed by atoms with E-state index in [4.69, 9.17) is 26.1 Å². The zero-order chi connectivity index (χ0) is 26.1. The van der Waals surface area contributed by atoms with E-state index in [1.165, 1.54) is 6.92 Å². The summed E-state index contributed by atoms with van der Waals surface area (Å²) in [5, 5.41) is 3.77. The molecule has 6 aromatic rings. The Bertz CT molecular complexity index is 1800. The number of esters is 1. The van der Waals surface area contributed by atoms with Crippen molar-refractivity contribution in [2.24, 2.45) is 0 Å². The van der Waals surface area contributed by atoms with Crippen molar-refractivity contribution in [2.75, 3.05) is 0 Å². The van der Waals surface area contributed by atoms with E-state index in [1.807, 2.05) is 48.5 Å². The molecule has 0 aliphatic heterocycles. The summed E-state index contributed by atoms with van der Waals surface area (Å²) in [7, 11) is 0. The van der Waals surface area contributed by atoms with Crippen molar-refractivity contribution < 1.29 is 14.3 Å². The van der Waals surface area contributed by atoms with E-state index in [1.54, 1.807) is 24.3 Å². The van der Waals surface area contributed by atoms with Gasteiger partial charge in [0.2, 0.25) is 0 Å². The normalized spacial score (nSPS) is 11.0. The van der Waals surface area contributed by atoms with Crippen LogP contribution in [0.2, 0.25) is 5.02 Å². The highest BCUT2D eigenvalue weighted by atomic mass is 35.5. The van der Waals surface area contributed by atoms with Gasteiger partial charge in [0.1, 0.15) is 17.2 Å². The van der Waals surface area contributed by atoms with Crippen LogP contribution in [0.4, 0.5) is 0 Å². The van der Waals surface area contributed by atoms with E-state index >= 15 is 0 Å². The summed E-state index contributed by atoms with van der Waals surface area (Å²) in [5.41, 5.74) is 4.34. The molecule has 0 spiro atoms. The van der Waals surface area contributed by atoms with Crippen LogP contribution in [-0.2, 0) is 4.79 Å². The standard InChI is InChI=1S/C33H22ClNO3/c1-21(36)37-27-14-16-28(17-15-27)38-33-31(23-8-3-2-4-9-23)29-20-26(34)13-18-30(29)35-32(33)25-12-11-22-7-5-6-10-24(22)19-25/h2-20H,1H3. The number of fused-ring (bicyclic) bond motifs is 2. The second kappa shape index (κ2) is 10.0. The quantitative estimate of drug-likeness (QED) is 0.170. The van der Waals surface area contributed by atoms with Crippen LogP contribution in [-0.4, -0.2) is 11.0 Å². The first-order valence-electron chi connectivity index (χ1n) is 12.2. The summed E-state index contributed by atoms with van der Waals surface area (Å²) in [6.45, 7) is 1.37. The van der Waals surface area contributed by atoms with Crippen LogP contribution in [0.3, 0.4) is 0 Å². The zero-order valence-corrected chi connectivity index (χ0v) is 21.3. The maximum Gasteiger partial charge on any atom is 0.308 e. The van der Waals surface area contributed by atoms with Gasteiger partial charge in [-0.1, -0.05) is 78.3 Å². The van der Waals surface area contributed by atoms with Crippen molar-refractivity contribution in [1.82, 2.24) is 4.98 Å². The average Bonchev–Trinajstić information content (AvgIpc) is 2.93. The highest BCUT2D eigenvalue weighted by molar-refractivity contribution is 6.31. The molecule has 184 valence electrons. The number of ether oxygens (including phenoxy) is 2. The molecule has 1 aromatic heterocycles. The van der Waals surface area contributed by atoms with Crippen LogP contribution in [0.1, 0.15) is 6.92 Å². The number of hydrogen-bond donors (Lipinski definition) is 0. The lowest BCUT2D eigenvalue weighted by Crippen LogP contribution is -2.01. The van der Waals surface area contributed by atoms with Gasteiger partial charge in [0.15, 0.2) is 5.75 Å². The molecular formula is C33H22ClNO3. The first-order valence-corrected chi connectivity index (χ1v) is 12.6. The molecule has 5 heteroatoms. The third-order valence-corrected chi connectivity index (χ3v) is 6.53. The van der Waals surface area contributed by atoms with E-state index in [0.29, 0.717) is 28.0 Å². The lowest BCUT2D eigenvalue weighted by atomic mass is 9.96. The van der Waals surface area contributed by atoms with Crippen molar-refractivity contribution in [3.05, 3.63) is 120 Å². The Kier molecular flexibility index (Phi) is 6.24. The Morgan fingerprint density at radius 1 is 0.711 bits per heavy atom. The molecule has 0 aliphatic carbocycles. The first kappa shape index (κ1) is 23.7. The summed E-state index contributed by atoms with van der Waals surface area (Å²) in [6, 6.07) is 37.3. The Balaban J connectivity index is 1.62. The highest BCUT2D eigenvalue weighted by Crippen LogP contribution is 2.45. The molecule has 0 fully saturated rings. The molecule has 1 heterocycles. The van der Waals surface area contributed by atoms with Crippen LogP contribution in [0.25, 0.3) is 44.1 Å². The number of pyridine rings is 1. The van der Waals surface area contributed by atoms with Gasteiger partial charge in [-0.15, -0.1) is 0 Å². The highest BCUT2D eigenvalue weighted by Gasteiger charge is 2.21. The second-order valence-electron chi connectivity index (χ2n) is 8.92. The fourth-order valence-corrected chi connectivity index (χ4v) is 4.77. The molecule has 0 saturated heterocycles.